The normalized spacial score (nSPS) is 21.8. The lowest BCUT2D eigenvalue weighted by atomic mass is 9.89. The van der Waals surface area contributed by atoms with E-state index in [9.17, 15) is 9.90 Å². The second-order valence-corrected chi connectivity index (χ2v) is 12.2. The highest BCUT2D eigenvalue weighted by molar-refractivity contribution is 5.89. The monoisotopic (exact) mass is 621 g/mol. The third kappa shape index (κ3) is 8.33. The summed E-state index contributed by atoms with van der Waals surface area (Å²) in [5, 5.41) is 15.3. The number of ether oxygens (including phenoxy) is 3. The van der Waals surface area contributed by atoms with E-state index in [-0.39, 0.29) is 30.8 Å². The largest absolute Gasteiger partial charge is 0.457 e. The summed E-state index contributed by atoms with van der Waals surface area (Å²) in [6, 6.07) is 32.6. The Bertz CT molecular complexity index is 1520. The van der Waals surface area contributed by atoms with E-state index < -0.39 is 6.29 Å². The van der Waals surface area contributed by atoms with Gasteiger partial charge in [0.2, 0.25) is 0 Å². The van der Waals surface area contributed by atoms with Crippen LogP contribution in [0.5, 0.6) is 11.5 Å². The lowest BCUT2D eigenvalue weighted by Gasteiger charge is -2.43. The second-order valence-electron chi connectivity index (χ2n) is 12.2. The molecule has 0 aliphatic carbocycles. The number of piperidine rings is 1. The van der Waals surface area contributed by atoms with Crippen LogP contribution in [-0.4, -0.2) is 41.8 Å². The summed E-state index contributed by atoms with van der Waals surface area (Å²) < 4.78 is 19.1. The van der Waals surface area contributed by atoms with Crippen molar-refractivity contribution in [3.63, 3.8) is 0 Å². The highest BCUT2D eigenvalue weighted by atomic mass is 16.7. The molecule has 2 saturated heterocycles. The highest BCUT2D eigenvalue weighted by Gasteiger charge is 2.39. The maximum Gasteiger partial charge on any atom is 0.319 e. The van der Waals surface area contributed by atoms with Gasteiger partial charge in [-0.25, -0.2) is 4.79 Å². The molecule has 0 spiro atoms. The van der Waals surface area contributed by atoms with Crippen LogP contribution in [0.1, 0.15) is 60.8 Å². The average Bonchev–Trinajstić information content (AvgIpc) is 3.10. The lowest BCUT2D eigenvalue weighted by Crippen LogP contribution is -2.45. The van der Waals surface area contributed by atoms with Crippen LogP contribution < -0.4 is 15.4 Å². The standard InChI is InChI=1S/C38H43N3O5/c1-27-35(25-41-22-6-3-7-23-41)45-37(46-36(27)30-14-12-29(26-42)13-15-30)31-16-10-28(11-17-31)24-39-38(43)40-32-18-20-34(21-19-32)44-33-8-4-2-5-9-33/h2,4-5,8-21,27,35-37,42H,3,6-7,22-26H2,1H3,(H2,39,40,43)/t27-,35+,36+,37+/m0/s1. The van der Waals surface area contributed by atoms with Gasteiger partial charge in [0.05, 0.1) is 18.8 Å². The number of nitrogens with zero attached hydrogens (tertiary/aromatic N) is 1. The average molecular weight is 622 g/mol. The van der Waals surface area contributed by atoms with Crippen LogP contribution in [0.4, 0.5) is 10.5 Å². The third-order valence-electron chi connectivity index (χ3n) is 8.81. The summed E-state index contributed by atoms with van der Waals surface area (Å²) >= 11 is 0. The van der Waals surface area contributed by atoms with E-state index >= 15 is 0 Å². The predicted molar refractivity (Wildman–Crippen MR) is 179 cm³/mol. The summed E-state index contributed by atoms with van der Waals surface area (Å²) in [7, 11) is 0. The molecule has 0 bridgehead atoms. The molecule has 0 saturated carbocycles. The molecular weight excluding hydrogens is 578 g/mol. The van der Waals surface area contributed by atoms with Gasteiger partial charge in [0.15, 0.2) is 6.29 Å². The predicted octanol–water partition coefficient (Wildman–Crippen LogP) is 7.57. The zero-order valence-electron chi connectivity index (χ0n) is 26.3. The number of rotatable bonds is 10. The Labute approximate surface area is 271 Å². The van der Waals surface area contributed by atoms with Crippen molar-refractivity contribution < 1.29 is 24.1 Å². The number of aliphatic hydroxyl groups excluding tert-OH is 1. The fourth-order valence-electron chi connectivity index (χ4n) is 6.11. The number of amides is 2. The van der Waals surface area contributed by atoms with Crippen molar-refractivity contribution in [3.8, 4) is 11.5 Å². The van der Waals surface area contributed by atoms with Crippen LogP contribution in [0.15, 0.2) is 103 Å². The number of benzene rings is 4. The molecule has 4 aromatic rings. The zero-order chi connectivity index (χ0) is 31.7. The number of carbonyl (C=O) groups is 1. The van der Waals surface area contributed by atoms with Crippen molar-refractivity contribution in [1.29, 1.82) is 0 Å². The Hall–Kier alpha value is -4.21. The molecule has 6 rings (SSSR count). The molecule has 2 amide bonds. The first-order valence-electron chi connectivity index (χ1n) is 16.2. The molecule has 2 aliphatic heterocycles. The number of para-hydroxylation sites is 1. The van der Waals surface area contributed by atoms with Crippen LogP contribution >= 0.6 is 0 Å². The van der Waals surface area contributed by atoms with E-state index in [4.69, 9.17) is 14.2 Å². The quantitative estimate of drug-likeness (QED) is 0.169. The highest BCUT2D eigenvalue weighted by Crippen LogP contribution is 2.42. The van der Waals surface area contributed by atoms with Gasteiger partial charge in [-0.1, -0.05) is 80.1 Å². The number of anilines is 1. The van der Waals surface area contributed by atoms with Crippen molar-refractivity contribution in [3.05, 3.63) is 125 Å². The Kier molecular flexibility index (Phi) is 10.6. The molecule has 8 nitrogen and oxygen atoms in total. The number of hydrogen-bond acceptors (Lipinski definition) is 6. The van der Waals surface area contributed by atoms with Crippen molar-refractivity contribution >= 4 is 11.7 Å². The van der Waals surface area contributed by atoms with Crippen LogP contribution in [0.2, 0.25) is 0 Å². The van der Waals surface area contributed by atoms with E-state index in [0.717, 1.165) is 47.6 Å². The second kappa shape index (κ2) is 15.4. The summed E-state index contributed by atoms with van der Waals surface area (Å²) in [5.74, 6) is 1.61. The number of hydrogen-bond donors (Lipinski definition) is 3. The van der Waals surface area contributed by atoms with E-state index in [1.54, 1.807) is 0 Å². The SMILES string of the molecule is C[C@H]1[C@@H](CN2CCCCC2)O[C@@H](c2ccc(CNC(=O)Nc3ccc(Oc4ccccc4)cc3)cc2)O[C@H]1c1ccc(CO)cc1. The minimum Gasteiger partial charge on any atom is -0.457 e. The first-order chi connectivity index (χ1) is 22.5. The number of likely N-dealkylation sites (tertiary alicyclic amines) is 1. The van der Waals surface area contributed by atoms with Gasteiger partial charge in [-0.3, -0.25) is 0 Å². The smallest absolute Gasteiger partial charge is 0.319 e. The Morgan fingerprint density at radius 3 is 2.15 bits per heavy atom. The minimum atomic E-state index is -0.507. The lowest BCUT2D eigenvalue weighted by molar-refractivity contribution is -0.276. The summed E-state index contributed by atoms with van der Waals surface area (Å²) in [6.07, 6.45) is 3.14. The third-order valence-corrected chi connectivity index (χ3v) is 8.81. The van der Waals surface area contributed by atoms with E-state index in [0.29, 0.717) is 18.0 Å². The molecular formula is C38H43N3O5. The van der Waals surface area contributed by atoms with Gasteiger partial charge < -0.3 is 34.9 Å². The summed E-state index contributed by atoms with van der Waals surface area (Å²) in [6.45, 7) is 5.70. The van der Waals surface area contributed by atoms with Gasteiger partial charge in [-0.15, -0.1) is 0 Å². The Morgan fingerprint density at radius 1 is 0.804 bits per heavy atom. The van der Waals surface area contributed by atoms with Gasteiger partial charge in [-0.05, 0) is 79.0 Å². The van der Waals surface area contributed by atoms with Gasteiger partial charge in [0.25, 0.3) is 0 Å². The first kappa shape index (κ1) is 31.8. The first-order valence-corrected chi connectivity index (χ1v) is 16.2. The molecule has 3 N–H and O–H groups in total. The maximum absolute atomic E-state index is 12.6. The molecule has 4 aromatic carbocycles. The van der Waals surface area contributed by atoms with E-state index in [2.05, 4.69) is 34.6 Å². The fraction of sp³-hybridized carbons (Fsp3) is 0.342. The molecule has 240 valence electrons. The molecule has 2 fully saturated rings. The van der Waals surface area contributed by atoms with E-state index in [1.165, 1.54) is 19.3 Å². The fourth-order valence-corrected chi connectivity index (χ4v) is 6.11. The van der Waals surface area contributed by atoms with Crippen molar-refractivity contribution in [2.24, 2.45) is 5.92 Å². The molecule has 0 unspecified atom stereocenters. The Morgan fingerprint density at radius 2 is 1.46 bits per heavy atom. The van der Waals surface area contributed by atoms with Gasteiger partial charge in [0, 0.05) is 30.3 Å². The molecule has 2 heterocycles. The Balaban J connectivity index is 1.06. The summed E-state index contributed by atoms with van der Waals surface area (Å²) in [5.41, 5.74) is 4.56. The van der Waals surface area contributed by atoms with Crippen LogP contribution in [0.25, 0.3) is 0 Å². The molecule has 0 aromatic heterocycles. The van der Waals surface area contributed by atoms with Crippen molar-refractivity contribution in [2.45, 2.75) is 57.8 Å². The summed E-state index contributed by atoms with van der Waals surface area (Å²) in [4.78, 5) is 15.1. The maximum atomic E-state index is 12.6. The number of urea groups is 1. The molecule has 46 heavy (non-hydrogen) atoms. The zero-order valence-corrected chi connectivity index (χ0v) is 26.3. The molecule has 4 atom stereocenters. The molecule has 8 heteroatoms. The topological polar surface area (TPSA) is 92.3 Å². The number of carbonyl (C=O) groups excluding carboxylic acids is 1. The van der Waals surface area contributed by atoms with Crippen LogP contribution in [-0.2, 0) is 22.6 Å². The van der Waals surface area contributed by atoms with Crippen molar-refractivity contribution in [2.75, 3.05) is 25.0 Å². The van der Waals surface area contributed by atoms with E-state index in [1.807, 2.05) is 91.0 Å². The van der Waals surface area contributed by atoms with Crippen molar-refractivity contribution in [1.82, 2.24) is 10.2 Å². The molecule has 0 radical (unpaired) electrons. The van der Waals surface area contributed by atoms with Crippen LogP contribution in [0, 0.1) is 5.92 Å². The number of nitrogens with one attached hydrogen (secondary N) is 2. The van der Waals surface area contributed by atoms with Gasteiger partial charge in [-0.2, -0.15) is 0 Å². The minimum absolute atomic E-state index is 0.0170. The molecule has 2 aliphatic rings. The number of aliphatic hydroxyl groups is 1. The van der Waals surface area contributed by atoms with Crippen LogP contribution in [0.3, 0.4) is 0 Å². The van der Waals surface area contributed by atoms with Gasteiger partial charge in [0.1, 0.15) is 11.5 Å². The van der Waals surface area contributed by atoms with Gasteiger partial charge >= 0.3 is 6.03 Å².